The number of aromatic nitrogens is 2. The van der Waals surface area contributed by atoms with E-state index in [4.69, 9.17) is 14.5 Å². The third kappa shape index (κ3) is 3.70. The third-order valence-electron chi connectivity index (χ3n) is 6.11. The molecule has 1 aliphatic rings. The van der Waals surface area contributed by atoms with E-state index < -0.39 is 29.3 Å². The van der Waals surface area contributed by atoms with Crippen molar-refractivity contribution >= 4 is 23.3 Å². The summed E-state index contributed by atoms with van der Waals surface area (Å²) in [5.41, 5.74) is 1.88. The van der Waals surface area contributed by atoms with Gasteiger partial charge in [-0.15, -0.1) is 11.3 Å². The van der Waals surface area contributed by atoms with Gasteiger partial charge in [0.1, 0.15) is 5.01 Å². The van der Waals surface area contributed by atoms with E-state index in [0.29, 0.717) is 27.7 Å². The number of methoxy groups -OCH3 is 2. The lowest BCUT2D eigenvalue weighted by Gasteiger charge is -2.46. The number of benzene rings is 1. The minimum absolute atomic E-state index is 0.377. The van der Waals surface area contributed by atoms with E-state index in [2.05, 4.69) is 10.3 Å². The number of ether oxygens (including phenoxy) is 2. The smallest absolute Gasteiger partial charge is 0.336 e. The number of pyridine rings is 1. The van der Waals surface area contributed by atoms with Crippen molar-refractivity contribution in [3.63, 3.8) is 0 Å². The van der Waals surface area contributed by atoms with Gasteiger partial charge < -0.3 is 14.8 Å². The Labute approximate surface area is 196 Å². The molecule has 0 saturated heterocycles. The van der Waals surface area contributed by atoms with Crippen LogP contribution in [0, 0.1) is 0 Å². The van der Waals surface area contributed by atoms with Gasteiger partial charge in [0.2, 0.25) is 0 Å². The first-order valence-corrected chi connectivity index (χ1v) is 11.4. The summed E-state index contributed by atoms with van der Waals surface area (Å²) in [6.45, 7) is 3.73. The summed E-state index contributed by atoms with van der Waals surface area (Å²) in [7, 11) is 2.69. The van der Waals surface area contributed by atoms with Gasteiger partial charge in [-0.1, -0.05) is 36.4 Å². The minimum Gasteiger partial charge on any atom is -0.468 e. The molecule has 0 radical (unpaired) electrons. The van der Waals surface area contributed by atoms with Crippen LogP contribution in [0.2, 0.25) is 0 Å². The lowest BCUT2D eigenvalue weighted by Crippen LogP contribution is -2.60. The lowest BCUT2D eigenvalue weighted by atomic mass is 9.62. The molecule has 0 aliphatic carbocycles. The first-order valence-electron chi connectivity index (χ1n) is 10.5. The molecule has 4 rings (SSSR count). The molecule has 0 spiro atoms. The molecule has 170 valence electrons. The number of hydrogen-bond donors (Lipinski definition) is 1. The highest BCUT2D eigenvalue weighted by molar-refractivity contribution is 7.10. The van der Waals surface area contributed by atoms with Crippen LogP contribution in [-0.2, 0) is 24.5 Å². The van der Waals surface area contributed by atoms with Crippen molar-refractivity contribution in [2.75, 3.05) is 14.2 Å². The normalized spacial score (nSPS) is 22.4. The van der Waals surface area contributed by atoms with Gasteiger partial charge in [0, 0.05) is 29.2 Å². The van der Waals surface area contributed by atoms with Crippen molar-refractivity contribution in [2.24, 2.45) is 0 Å². The number of carbonyl (C=O) groups excluding carboxylic acids is 2. The van der Waals surface area contributed by atoms with Crippen LogP contribution in [-0.4, -0.2) is 42.2 Å². The summed E-state index contributed by atoms with van der Waals surface area (Å²) < 4.78 is 10.5. The Kier molecular flexibility index (Phi) is 6.29. The highest BCUT2D eigenvalue weighted by Gasteiger charge is 2.60. The van der Waals surface area contributed by atoms with E-state index in [1.54, 1.807) is 6.20 Å². The molecule has 7 nitrogen and oxygen atoms in total. The summed E-state index contributed by atoms with van der Waals surface area (Å²) in [5.74, 6) is -1.65. The summed E-state index contributed by atoms with van der Waals surface area (Å²) in [6, 6.07) is 14.6. The molecule has 3 aromatic rings. The van der Waals surface area contributed by atoms with Crippen molar-refractivity contribution in [1.82, 2.24) is 15.3 Å². The number of allylic oxidation sites excluding steroid dienone is 1. The fourth-order valence-electron chi connectivity index (χ4n) is 4.62. The van der Waals surface area contributed by atoms with Gasteiger partial charge in [0.15, 0.2) is 5.41 Å². The SMILES string of the molecule is COC(=O)C1=C(C)NC(C)C(C(=O)OC)(c2nc(-c3ccccn3)cs2)C1c1ccccc1. The molecule has 3 unspecified atom stereocenters. The molecule has 0 fully saturated rings. The predicted molar refractivity (Wildman–Crippen MR) is 126 cm³/mol. The lowest BCUT2D eigenvalue weighted by molar-refractivity contribution is -0.150. The molecule has 2 aromatic heterocycles. The van der Waals surface area contributed by atoms with E-state index in [-0.39, 0.29) is 0 Å². The second kappa shape index (κ2) is 9.15. The zero-order valence-corrected chi connectivity index (χ0v) is 19.7. The second-order valence-electron chi connectivity index (χ2n) is 7.85. The van der Waals surface area contributed by atoms with Crippen LogP contribution in [0.5, 0.6) is 0 Å². The standard InChI is InChI=1S/C25H25N3O4S/c1-15-20(22(29)31-3)21(17-10-6-5-7-11-17)25(16(2)27-15,24(30)32-4)23-28-19(14-33-23)18-12-8-9-13-26-18/h5-14,16,21,27H,1-4H3. The van der Waals surface area contributed by atoms with Crippen LogP contribution in [0.4, 0.5) is 0 Å². The Hall–Kier alpha value is -3.52. The Balaban J connectivity index is 2.02. The number of nitrogens with one attached hydrogen (secondary N) is 1. The van der Waals surface area contributed by atoms with Crippen molar-refractivity contribution in [1.29, 1.82) is 0 Å². The number of thiazole rings is 1. The monoisotopic (exact) mass is 463 g/mol. The molecule has 1 aliphatic heterocycles. The van der Waals surface area contributed by atoms with E-state index in [1.165, 1.54) is 25.6 Å². The third-order valence-corrected chi connectivity index (χ3v) is 7.10. The molecule has 8 heteroatoms. The summed E-state index contributed by atoms with van der Waals surface area (Å²) >= 11 is 1.35. The molecule has 0 bridgehead atoms. The van der Waals surface area contributed by atoms with E-state index in [9.17, 15) is 9.59 Å². The maximum absolute atomic E-state index is 13.7. The second-order valence-corrected chi connectivity index (χ2v) is 8.71. The first-order chi connectivity index (χ1) is 15.9. The van der Waals surface area contributed by atoms with Crippen LogP contribution in [0.3, 0.4) is 0 Å². The van der Waals surface area contributed by atoms with Gasteiger partial charge in [-0.2, -0.15) is 0 Å². The largest absolute Gasteiger partial charge is 0.468 e. The van der Waals surface area contributed by atoms with Gasteiger partial charge in [-0.05, 0) is 31.5 Å². The average Bonchev–Trinajstić information content (AvgIpc) is 3.34. The van der Waals surface area contributed by atoms with Gasteiger partial charge in [-0.3, -0.25) is 9.78 Å². The molecular formula is C25H25N3O4S. The first kappa shape index (κ1) is 22.7. The van der Waals surface area contributed by atoms with Crippen LogP contribution < -0.4 is 5.32 Å². The van der Waals surface area contributed by atoms with Crippen molar-refractivity contribution in [3.05, 3.63) is 81.9 Å². The van der Waals surface area contributed by atoms with Crippen LogP contribution in [0.1, 0.15) is 30.3 Å². The quantitative estimate of drug-likeness (QED) is 0.575. The molecule has 3 heterocycles. The molecule has 33 heavy (non-hydrogen) atoms. The van der Waals surface area contributed by atoms with E-state index >= 15 is 0 Å². The predicted octanol–water partition coefficient (Wildman–Crippen LogP) is 3.84. The van der Waals surface area contributed by atoms with Gasteiger partial charge >= 0.3 is 11.9 Å². The minimum atomic E-state index is -1.31. The Morgan fingerprint density at radius 3 is 2.39 bits per heavy atom. The van der Waals surface area contributed by atoms with Crippen LogP contribution >= 0.6 is 11.3 Å². The van der Waals surface area contributed by atoms with Gasteiger partial charge in [0.25, 0.3) is 0 Å². The zero-order valence-electron chi connectivity index (χ0n) is 18.9. The highest BCUT2D eigenvalue weighted by Crippen LogP contribution is 2.51. The molecule has 1 aromatic carbocycles. The van der Waals surface area contributed by atoms with Gasteiger partial charge in [0.05, 0.1) is 31.2 Å². The van der Waals surface area contributed by atoms with E-state index in [0.717, 1.165) is 5.56 Å². The van der Waals surface area contributed by atoms with Gasteiger partial charge in [-0.25, -0.2) is 9.78 Å². The van der Waals surface area contributed by atoms with Crippen molar-refractivity contribution in [3.8, 4) is 11.4 Å². The molecule has 3 atom stereocenters. The number of hydrogen-bond acceptors (Lipinski definition) is 8. The summed E-state index contributed by atoms with van der Waals surface area (Å²) in [5, 5.41) is 5.74. The topological polar surface area (TPSA) is 90.4 Å². The Bertz CT molecular complexity index is 1190. The number of carbonyl (C=O) groups is 2. The Morgan fingerprint density at radius 1 is 1.03 bits per heavy atom. The molecule has 0 saturated carbocycles. The molecule has 0 amide bonds. The fourth-order valence-corrected chi connectivity index (χ4v) is 5.74. The number of rotatable bonds is 5. The van der Waals surface area contributed by atoms with E-state index in [1.807, 2.05) is 67.8 Å². The zero-order chi connectivity index (χ0) is 23.6. The maximum atomic E-state index is 13.7. The van der Waals surface area contributed by atoms with Crippen LogP contribution in [0.25, 0.3) is 11.4 Å². The highest BCUT2D eigenvalue weighted by atomic mass is 32.1. The average molecular weight is 464 g/mol. The van der Waals surface area contributed by atoms with Crippen molar-refractivity contribution in [2.45, 2.75) is 31.2 Å². The Morgan fingerprint density at radius 2 is 1.76 bits per heavy atom. The number of nitrogens with zero attached hydrogens (tertiary/aromatic N) is 2. The fraction of sp³-hybridized carbons (Fsp3) is 0.280. The summed E-state index contributed by atoms with van der Waals surface area (Å²) in [6.07, 6.45) is 1.70. The molecule has 1 N–H and O–H groups in total. The maximum Gasteiger partial charge on any atom is 0.336 e. The number of esters is 2. The van der Waals surface area contributed by atoms with Crippen LogP contribution in [0.15, 0.2) is 71.4 Å². The van der Waals surface area contributed by atoms with Crippen molar-refractivity contribution < 1.29 is 19.1 Å². The molecular weight excluding hydrogens is 438 g/mol. The summed E-state index contributed by atoms with van der Waals surface area (Å²) in [4.78, 5) is 36.0.